The molecule has 2 aromatic heterocycles. The summed E-state index contributed by atoms with van der Waals surface area (Å²) in [4.78, 5) is 15.8. The fourth-order valence-electron chi connectivity index (χ4n) is 2.93. The first-order chi connectivity index (χ1) is 12.4. The first kappa shape index (κ1) is 16.7. The lowest BCUT2D eigenvalue weighted by Gasteiger charge is -2.37. The molecule has 0 N–H and O–H groups in total. The lowest BCUT2D eigenvalue weighted by atomic mass is 10.2. The Morgan fingerprint density at radius 2 is 1.96 bits per heavy atom. The van der Waals surface area contributed by atoms with E-state index in [0.717, 1.165) is 5.39 Å². The van der Waals surface area contributed by atoms with Gasteiger partial charge in [0.25, 0.3) is 0 Å². The molecule has 0 radical (unpaired) electrons. The molecule has 26 heavy (non-hydrogen) atoms. The second kappa shape index (κ2) is 6.22. The molecule has 1 aliphatic rings. The molecule has 3 heterocycles. The fourth-order valence-corrected chi connectivity index (χ4v) is 4.60. The molecule has 7 nitrogen and oxygen atoms in total. The minimum atomic E-state index is -3.66. The number of pyridine rings is 1. The van der Waals surface area contributed by atoms with E-state index in [1.807, 2.05) is 12.1 Å². The normalized spacial score (nSPS) is 15.7. The van der Waals surface area contributed by atoms with Crippen LogP contribution in [0.1, 0.15) is 5.76 Å². The third kappa shape index (κ3) is 2.97. The third-order valence-electron chi connectivity index (χ3n) is 4.20. The number of hydrogen-bond acceptors (Lipinski definition) is 6. The Labute approximate surface area is 149 Å². The summed E-state index contributed by atoms with van der Waals surface area (Å²) < 4.78 is 37.7. The van der Waals surface area contributed by atoms with Gasteiger partial charge in [-0.25, -0.2) is 13.2 Å². The van der Waals surface area contributed by atoms with E-state index in [1.54, 1.807) is 37.4 Å². The molecular formula is C18H16N2O5S. The molecule has 134 valence electrons. The van der Waals surface area contributed by atoms with Crippen LogP contribution in [0.3, 0.4) is 0 Å². The van der Waals surface area contributed by atoms with Gasteiger partial charge in [0.05, 0.1) is 24.7 Å². The van der Waals surface area contributed by atoms with Crippen molar-refractivity contribution >= 4 is 20.9 Å². The van der Waals surface area contributed by atoms with Gasteiger partial charge in [-0.2, -0.15) is 4.31 Å². The number of hydrogen-bond donors (Lipinski definition) is 0. The Hall–Kier alpha value is -2.71. The maximum atomic E-state index is 12.9. The molecule has 8 heteroatoms. The molecule has 0 spiro atoms. The molecular weight excluding hydrogens is 356 g/mol. The zero-order chi connectivity index (χ0) is 18.3. The average Bonchev–Trinajstić information content (AvgIpc) is 2.56. The van der Waals surface area contributed by atoms with Crippen LogP contribution in [0.5, 0.6) is 5.75 Å². The molecule has 3 aromatic rings. The first-order valence-electron chi connectivity index (χ1n) is 8.06. The average molecular weight is 372 g/mol. The Balaban J connectivity index is 1.53. The summed E-state index contributed by atoms with van der Waals surface area (Å²) in [6, 6.07) is 11.5. The van der Waals surface area contributed by atoms with Crippen molar-refractivity contribution in [3.8, 4) is 5.75 Å². The van der Waals surface area contributed by atoms with Crippen LogP contribution in [0, 0.1) is 6.92 Å². The second-order valence-corrected chi connectivity index (χ2v) is 8.02. The molecule has 0 amide bonds. The van der Waals surface area contributed by atoms with Gasteiger partial charge in [0, 0.05) is 17.6 Å². The Bertz CT molecular complexity index is 1130. The topological polar surface area (TPSA) is 89.7 Å². The lowest BCUT2D eigenvalue weighted by Crippen LogP contribution is -2.56. The van der Waals surface area contributed by atoms with Crippen molar-refractivity contribution < 1.29 is 17.6 Å². The predicted octanol–water partition coefficient (Wildman–Crippen LogP) is 1.95. The molecule has 0 unspecified atom stereocenters. The minimum absolute atomic E-state index is 0.185. The van der Waals surface area contributed by atoms with E-state index in [9.17, 15) is 13.2 Å². The molecule has 1 aromatic carbocycles. The van der Waals surface area contributed by atoms with Crippen LogP contribution in [-0.2, 0) is 10.0 Å². The van der Waals surface area contributed by atoms with Gasteiger partial charge in [0.1, 0.15) is 22.5 Å². The first-order valence-corrected chi connectivity index (χ1v) is 9.50. The standard InChI is InChI=1S/C18H16N2O5S/c1-12-8-14(9-17(21)24-12)25-15-10-20(11-15)26(22,23)16-6-2-4-13-5-3-7-19-18(13)16/h2-9,15H,10-11H2,1H3. The van der Waals surface area contributed by atoms with Crippen molar-refractivity contribution in [2.75, 3.05) is 13.1 Å². The second-order valence-electron chi connectivity index (χ2n) is 6.12. The summed E-state index contributed by atoms with van der Waals surface area (Å²) in [5, 5.41) is 0.772. The molecule has 0 aliphatic carbocycles. The largest absolute Gasteiger partial charge is 0.487 e. The smallest absolute Gasteiger partial charge is 0.339 e. The van der Waals surface area contributed by atoms with Crippen molar-refractivity contribution in [2.45, 2.75) is 17.9 Å². The van der Waals surface area contributed by atoms with Crippen LogP contribution in [0.2, 0.25) is 0 Å². The van der Waals surface area contributed by atoms with Crippen LogP contribution in [0.4, 0.5) is 0 Å². The van der Waals surface area contributed by atoms with Gasteiger partial charge < -0.3 is 9.15 Å². The maximum absolute atomic E-state index is 12.9. The monoisotopic (exact) mass is 372 g/mol. The van der Waals surface area contributed by atoms with Crippen LogP contribution in [0.25, 0.3) is 10.9 Å². The Morgan fingerprint density at radius 3 is 2.73 bits per heavy atom. The van der Waals surface area contributed by atoms with E-state index in [-0.39, 0.29) is 24.1 Å². The fraction of sp³-hybridized carbons (Fsp3) is 0.222. The van der Waals surface area contributed by atoms with Crippen molar-refractivity contribution in [3.63, 3.8) is 0 Å². The summed E-state index contributed by atoms with van der Waals surface area (Å²) >= 11 is 0. The Morgan fingerprint density at radius 1 is 1.19 bits per heavy atom. The van der Waals surface area contributed by atoms with Crippen molar-refractivity contribution in [1.82, 2.24) is 9.29 Å². The highest BCUT2D eigenvalue weighted by Gasteiger charge is 2.39. The molecule has 1 saturated heterocycles. The van der Waals surface area contributed by atoms with Crippen LogP contribution in [-0.4, -0.2) is 36.9 Å². The van der Waals surface area contributed by atoms with Crippen molar-refractivity contribution in [2.24, 2.45) is 0 Å². The highest BCUT2D eigenvalue weighted by atomic mass is 32.2. The maximum Gasteiger partial charge on any atom is 0.339 e. The quantitative estimate of drug-likeness (QED) is 0.695. The van der Waals surface area contributed by atoms with E-state index in [0.29, 0.717) is 17.0 Å². The van der Waals surface area contributed by atoms with E-state index in [4.69, 9.17) is 9.15 Å². The number of ether oxygens (including phenoxy) is 1. The number of aromatic nitrogens is 1. The molecule has 0 atom stereocenters. The number of nitrogens with zero attached hydrogens (tertiary/aromatic N) is 2. The predicted molar refractivity (Wildman–Crippen MR) is 94.6 cm³/mol. The minimum Gasteiger partial charge on any atom is -0.487 e. The Kier molecular flexibility index (Phi) is 4.01. The van der Waals surface area contributed by atoms with Gasteiger partial charge in [-0.05, 0) is 19.1 Å². The molecule has 1 aliphatic heterocycles. The van der Waals surface area contributed by atoms with Gasteiger partial charge >= 0.3 is 5.63 Å². The van der Waals surface area contributed by atoms with Crippen LogP contribution < -0.4 is 10.4 Å². The van der Waals surface area contributed by atoms with Crippen molar-refractivity contribution in [3.05, 3.63) is 64.8 Å². The van der Waals surface area contributed by atoms with E-state index < -0.39 is 15.6 Å². The number of aryl methyl sites for hydroxylation is 1. The zero-order valence-corrected chi connectivity index (χ0v) is 14.8. The highest BCUT2D eigenvalue weighted by Crippen LogP contribution is 2.28. The van der Waals surface area contributed by atoms with E-state index in [1.165, 1.54) is 10.4 Å². The van der Waals surface area contributed by atoms with Gasteiger partial charge in [0.2, 0.25) is 10.0 Å². The van der Waals surface area contributed by atoms with Crippen LogP contribution in [0.15, 0.2) is 62.8 Å². The van der Waals surface area contributed by atoms with Gasteiger partial charge in [-0.1, -0.05) is 18.2 Å². The molecule has 0 saturated carbocycles. The molecule has 4 rings (SSSR count). The van der Waals surface area contributed by atoms with Gasteiger partial charge in [0.15, 0.2) is 0 Å². The van der Waals surface area contributed by atoms with Crippen molar-refractivity contribution in [1.29, 1.82) is 0 Å². The number of benzene rings is 1. The third-order valence-corrected chi connectivity index (χ3v) is 6.06. The summed E-state index contributed by atoms with van der Waals surface area (Å²) in [7, 11) is -3.66. The molecule has 0 bridgehead atoms. The zero-order valence-electron chi connectivity index (χ0n) is 14.0. The summed E-state index contributed by atoms with van der Waals surface area (Å²) in [5.41, 5.74) is -0.0405. The van der Waals surface area contributed by atoms with Crippen LogP contribution >= 0.6 is 0 Å². The number of fused-ring (bicyclic) bond motifs is 1. The summed E-state index contributed by atoms with van der Waals surface area (Å²) in [5.74, 6) is 0.825. The van der Waals surface area contributed by atoms with E-state index >= 15 is 0 Å². The molecule has 1 fully saturated rings. The van der Waals surface area contributed by atoms with E-state index in [2.05, 4.69) is 4.98 Å². The lowest BCUT2D eigenvalue weighted by molar-refractivity contribution is 0.0754. The highest BCUT2D eigenvalue weighted by molar-refractivity contribution is 7.89. The van der Waals surface area contributed by atoms with Gasteiger partial charge in [-0.15, -0.1) is 0 Å². The number of sulfonamides is 1. The summed E-state index contributed by atoms with van der Waals surface area (Å²) in [6.07, 6.45) is 1.26. The number of rotatable bonds is 4. The van der Waals surface area contributed by atoms with Gasteiger partial charge in [-0.3, -0.25) is 4.98 Å². The number of para-hydroxylation sites is 1. The SMILES string of the molecule is Cc1cc(OC2CN(S(=O)(=O)c3cccc4cccnc34)C2)cc(=O)o1. The summed E-state index contributed by atoms with van der Waals surface area (Å²) in [6.45, 7) is 2.08.